The summed E-state index contributed by atoms with van der Waals surface area (Å²) in [5, 5.41) is 14.1. The maximum Gasteiger partial charge on any atom is 0.305 e. The van der Waals surface area contributed by atoms with Crippen molar-refractivity contribution in [3.8, 4) is 5.75 Å². The maximum atomic E-state index is 12.6. The molecule has 0 aliphatic rings. The van der Waals surface area contributed by atoms with Crippen molar-refractivity contribution in [2.75, 3.05) is 13.7 Å². The van der Waals surface area contributed by atoms with E-state index in [0.717, 1.165) is 46.9 Å². The minimum absolute atomic E-state index is 0.0327. The van der Waals surface area contributed by atoms with Gasteiger partial charge in [-0.3, -0.25) is 9.59 Å². The van der Waals surface area contributed by atoms with Crippen molar-refractivity contribution < 1.29 is 19.4 Å². The van der Waals surface area contributed by atoms with Crippen molar-refractivity contribution in [1.82, 2.24) is 10.3 Å². The van der Waals surface area contributed by atoms with Crippen LogP contribution in [0.2, 0.25) is 15.1 Å². The Bertz CT molecular complexity index is 1500. The molecule has 0 spiro atoms. The van der Waals surface area contributed by atoms with E-state index in [4.69, 9.17) is 44.6 Å². The highest BCUT2D eigenvalue weighted by atomic mass is 35.5. The number of ether oxygens (including phenoxy) is 1. The Balaban J connectivity index is 1.81. The summed E-state index contributed by atoms with van der Waals surface area (Å²) >= 11 is 19.6. The first-order chi connectivity index (χ1) is 19.2. The molecule has 0 radical (unpaired) electrons. The number of aromatic amines is 1. The molecule has 1 aromatic heterocycles. The van der Waals surface area contributed by atoms with Crippen LogP contribution in [0.4, 0.5) is 0 Å². The number of hydrogen-bond donors (Lipinski definition) is 3. The first kappa shape index (κ1) is 29.8. The molecular formula is C31H31Cl3N2O4. The first-order valence-corrected chi connectivity index (χ1v) is 14.3. The zero-order valence-electron chi connectivity index (χ0n) is 22.3. The lowest BCUT2D eigenvalue weighted by Crippen LogP contribution is -2.26. The predicted molar refractivity (Wildman–Crippen MR) is 161 cm³/mol. The van der Waals surface area contributed by atoms with Gasteiger partial charge in [0.05, 0.1) is 29.1 Å². The van der Waals surface area contributed by atoms with E-state index < -0.39 is 5.97 Å². The molecule has 40 heavy (non-hydrogen) atoms. The van der Waals surface area contributed by atoms with Crippen LogP contribution in [0.15, 0.2) is 60.8 Å². The average molecular weight is 602 g/mol. The van der Waals surface area contributed by atoms with Gasteiger partial charge in [0, 0.05) is 34.6 Å². The van der Waals surface area contributed by atoms with Crippen LogP contribution in [0.5, 0.6) is 5.75 Å². The number of carboxylic acid groups (broad SMARTS) is 1. The monoisotopic (exact) mass is 600 g/mol. The minimum Gasteiger partial charge on any atom is -0.495 e. The molecular weight excluding hydrogens is 571 g/mol. The third kappa shape index (κ3) is 6.74. The highest BCUT2D eigenvalue weighted by Gasteiger charge is 2.30. The van der Waals surface area contributed by atoms with Crippen LogP contribution in [0, 0.1) is 0 Å². The minimum atomic E-state index is -0.959. The van der Waals surface area contributed by atoms with Crippen LogP contribution in [0.25, 0.3) is 10.9 Å². The lowest BCUT2D eigenvalue weighted by molar-refractivity contribution is -0.136. The Morgan fingerprint density at radius 3 is 2.38 bits per heavy atom. The Kier molecular flexibility index (Phi) is 10.0. The molecule has 0 saturated heterocycles. The maximum absolute atomic E-state index is 12.6. The second-order valence-corrected chi connectivity index (χ2v) is 10.9. The number of aromatic nitrogens is 1. The summed E-state index contributed by atoms with van der Waals surface area (Å²) in [6.45, 7) is 2.23. The summed E-state index contributed by atoms with van der Waals surface area (Å²) in [4.78, 5) is 26.7. The van der Waals surface area contributed by atoms with Gasteiger partial charge < -0.3 is 20.1 Å². The zero-order valence-corrected chi connectivity index (χ0v) is 24.5. The summed E-state index contributed by atoms with van der Waals surface area (Å²) in [6, 6.07) is 17.0. The molecule has 0 fully saturated rings. The van der Waals surface area contributed by atoms with Crippen molar-refractivity contribution in [3.63, 3.8) is 0 Å². The SMILES string of the molecule is CCCCC(c1ccc(C(=O)NCCC(=O)O)cc1)C(c1ccc(OC)c(Cl)c1)c1c[nH]c2c(Cl)cc(Cl)cc12. The number of carboxylic acids is 1. The number of nitrogens with one attached hydrogen (secondary N) is 2. The molecule has 1 heterocycles. The van der Waals surface area contributed by atoms with Crippen LogP contribution < -0.4 is 10.1 Å². The van der Waals surface area contributed by atoms with E-state index in [9.17, 15) is 9.59 Å². The van der Waals surface area contributed by atoms with Crippen LogP contribution in [-0.4, -0.2) is 35.6 Å². The van der Waals surface area contributed by atoms with Crippen LogP contribution in [-0.2, 0) is 4.79 Å². The lowest BCUT2D eigenvalue weighted by atomic mass is 9.74. The molecule has 1 amide bonds. The van der Waals surface area contributed by atoms with Crippen LogP contribution >= 0.6 is 34.8 Å². The summed E-state index contributed by atoms with van der Waals surface area (Å²) in [5.74, 6) is -0.757. The number of rotatable bonds is 12. The molecule has 0 aliphatic heterocycles. The van der Waals surface area contributed by atoms with Crippen LogP contribution in [0.3, 0.4) is 0 Å². The topological polar surface area (TPSA) is 91.4 Å². The second kappa shape index (κ2) is 13.4. The molecule has 6 nitrogen and oxygen atoms in total. The van der Waals surface area contributed by atoms with Gasteiger partial charge in [-0.05, 0) is 65.4 Å². The molecule has 9 heteroatoms. The molecule has 210 valence electrons. The van der Waals surface area contributed by atoms with Gasteiger partial charge in [0.25, 0.3) is 5.91 Å². The predicted octanol–water partition coefficient (Wildman–Crippen LogP) is 8.45. The van der Waals surface area contributed by atoms with Gasteiger partial charge in [0.15, 0.2) is 0 Å². The van der Waals surface area contributed by atoms with Crippen molar-refractivity contribution in [2.45, 2.75) is 44.4 Å². The summed E-state index contributed by atoms with van der Waals surface area (Å²) in [6.07, 6.45) is 4.75. The third-order valence-corrected chi connectivity index (χ3v) is 7.92. The fraction of sp³-hybridized carbons (Fsp3) is 0.290. The zero-order chi connectivity index (χ0) is 28.8. The molecule has 4 rings (SSSR count). The van der Waals surface area contributed by atoms with Crippen molar-refractivity contribution in [3.05, 3.63) is 98.1 Å². The molecule has 0 saturated carbocycles. The molecule has 3 N–H and O–H groups in total. The fourth-order valence-corrected chi connectivity index (χ4v) is 5.97. The van der Waals surface area contributed by atoms with Gasteiger partial charge in [-0.1, -0.05) is 72.8 Å². The number of aliphatic carboxylic acids is 1. The number of fused-ring (bicyclic) bond motifs is 1. The Morgan fingerprint density at radius 1 is 1.00 bits per heavy atom. The normalized spacial score (nSPS) is 12.7. The molecule has 4 aromatic rings. The number of H-pyrrole nitrogens is 1. The Labute approximate surface area is 248 Å². The van der Waals surface area contributed by atoms with Gasteiger partial charge >= 0.3 is 5.97 Å². The van der Waals surface area contributed by atoms with E-state index in [1.165, 1.54) is 0 Å². The Morgan fingerprint density at radius 2 is 1.73 bits per heavy atom. The number of methoxy groups -OCH3 is 1. The van der Waals surface area contributed by atoms with Gasteiger partial charge in [-0.15, -0.1) is 0 Å². The van der Waals surface area contributed by atoms with Gasteiger partial charge in [-0.25, -0.2) is 0 Å². The fourth-order valence-electron chi connectivity index (χ4n) is 5.15. The molecule has 0 aliphatic carbocycles. The number of halogens is 3. The number of amides is 1. The molecule has 2 unspecified atom stereocenters. The van der Waals surface area contributed by atoms with E-state index in [1.807, 2.05) is 42.6 Å². The summed E-state index contributed by atoms with van der Waals surface area (Å²) in [5.41, 5.74) is 4.40. The van der Waals surface area contributed by atoms with E-state index in [0.29, 0.717) is 26.4 Å². The number of hydrogen-bond acceptors (Lipinski definition) is 3. The van der Waals surface area contributed by atoms with Gasteiger partial charge in [-0.2, -0.15) is 0 Å². The lowest BCUT2D eigenvalue weighted by Gasteiger charge is -2.29. The number of unbranched alkanes of at least 4 members (excludes halogenated alkanes) is 1. The Hall–Kier alpha value is -3.19. The molecule has 3 aromatic carbocycles. The standard InChI is InChI=1S/C31H31Cl3N2O4/c1-3-4-5-22(18-6-8-19(9-7-18)31(39)35-13-12-28(37)38)29(20-10-11-27(40-2)25(33)14-20)24-17-36-30-23(24)15-21(32)16-26(30)34/h6-11,14-17,22,29,36H,3-5,12-13H2,1-2H3,(H,35,39)(H,37,38). The number of carbonyl (C=O) groups is 2. The molecule has 2 atom stereocenters. The number of benzene rings is 3. The van der Waals surface area contributed by atoms with Gasteiger partial charge in [0.2, 0.25) is 0 Å². The second-order valence-electron chi connectivity index (χ2n) is 9.70. The van der Waals surface area contributed by atoms with E-state index >= 15 is 0 Å². The average Bonchev–Trinajstić information content (AvgIpc) is 3.34. The van der Waals surface area contributed by atoms with E-state index in [1.54, 1.807) is 25.3 Å². The number of carbonyl (C=O) groups excluding carboxylic acids is 1. The van der Waals surface area contributed by atoms with Crippen molar-refractivity contribution >= 4 is 57.6 Å². The third-order valence-electron chi connectivity index (χ3n) is 7.10. The highest BCUT2D eigenvalue weighted by molar-refractivity contribution is 6.38. The highest BCUT2D eigenvalue weighted by Crippen LogP contribution is 2.46. The quantitative estimate of drug-likeness (QED) is 0.152. The van der Waals surface area contributed by atoms with Crippen molar-refractivity contribution in [2.24, 2.45) is 0 Å². The first-order valence-electron chi connectivity index (χ1n) is 13.1. The molecule has 0 bridgehead atoms. The summed E-state index contributed by atoms with van der Waals surface area (Å²) < 4.78 is 5.42. The summed E-state index contributed by atoms with van der Waals surface area (Å²) in [7, 11) is 1.59. The van der Waals surface area contributed by atoms with E-state index in [-0.39, 0.29) is 30.7 Å². The largest absolute Gasteiger partial charge is 0.495 e. The van der Waals surface area contributed by atoms with E-state index in [2.05, 4.69) is 17.2 Å². The van der Waals surface area contributed by atoms with Crippen molar-refractivity contribution in [1.29, 1.82) is 0 Å². The van der Waals surface area contributed by atoms with Crippen LogP contribution in [0.1, 0.15) is 71.5 Å². The smallest absolute Gasteiger partial charge is 0.305 e. The van der Waals surface area contributed by atoms with Gasteiger partial charge in [0.1, 0.15) is 5.75 Å².